The Morgan fingerprint density at radius 1 is 0.886 bits per heavy atom. The molecular weight excluding hydrogens is 599 g/mol. The molecule has 3 heterocycles. The number of anilines is 1. The molecule has 1 N–H and O–H groups in total. The van der Waals surface area contributed by atoms with Crippen LogP contribution in [0.3, 0.4) is 0 Å². The van der Waals surface area contributed by atoms with Crippen molar-refractivity contribution in [2.45, 2.75) is 24.4 Å². The van der Waals surface area contributed by atoms with Crippen LogP contribution >= 0.6 is 23.2 Å². The molecule has 7 rings (SSSR count). The van der Waals surface area contributed by atoms with Crippen molar-refractivity contribution >= 4 is 58.4 Å². The third-order valence-electron chi connectivity index (χ3n) is 8.72. The van der Waals surface area contributed by atoms with Crippen LogP contribution in [0.4, 0.5) is 5.69 Å². The van der Waals surface area contributed by atoms with E-state index in [-0.39, 0.29) is 28.0 Å². The number of hydrogen-bond acceptors (Lipinski definition) is 6. The first-order valence-corrected chi connectivity index (χ1v) is 14.7. The van der Waals surface area contributed by atoms with Gasteiger partial charge in [0.25, 0.3) is 0 Å². The summed E-state index contributed by atoms with van der Waals surface area (Å²) >= 11 is 12.8. The van der Waals surface area contributed by atoms with Gasteiger partial charge in [0, 0.05) is 35.0 Å². The molecule has 3 aliphatic rings. The molecule has 0 bridgehead atoms. The van der Waals surface area contributed by atoms with E-state index in [1.807, 2.05) is 53.4 Å². The maximum Gasteiger partial charge on any atom is 0.308 e. The molecule has 1 saturated heterocycles. The van der Waals surface area contributed by atoms with Gasteiger partial charge >= 0.3 is 5.97 Å². The van der Waals surface area contributed by atoms with Crippen LogP contribution in [0.2, 0.25) is 10.0 Å². The summed E-state index contributed by atoms with van der Waals surface area (Å²) in [5, 5.41) is 3.50. The number of hydrogen-bond donors (Lipinski definition) is 1. The molecule has 1 amide bonds. The number of para-hydroxylation sites is 1. The number of benzene rings is 4. The minimum Gasteiger partial charge on any atom is -0.427 e. The van der Waals surface area contributed by atoms with Gasteiger partial charge in [-0.2, -0.15) is 0 Å². The van der Waals surface area contributed by atoms with Crippen LogP contribution in [0.25, 0.3) is 6.08 Å². The summed E-state index contributed by atoms with van der Waals surface area (Å²) in [5.41, 5.74) is 1.90. The van der Waals surface area contributed by atoms with Gasteiger partial charge in [0.2, 0.25) is 5.91 Å². The molecule has 4 aromatic carbocycles. The number of ether oxygens (including phenoxy) is 1. The molecule has 44 heavy (non-hydrogen) atoms. The van der Waals surface area contributed by atoms with Crippen LogP contribution in [0.5, 0.6) is 5.75 Å². The highest BCUT2D eigenvalue weighted by molar-refractivity contribution is 6.37. The third-order valence-corrected chi connectivity index (χ3v) is 9.27. The zero-order valence-corrected chi connectivity index (χ0v) is 24.8. The van der Waals surface area contributed by atoms with Gasteiger partial charge in [0.05, 0.1) is 17.0 Å². The zero-order chi connectivity index (χ0) is 30.7. The van der Waals surface area contributed by atoms with E-state index in [2.05, 4.69) is 5.32 Å². The summed E-state index contributed by atoms with van der Waals surface area (Å²) in [6.07, 6.45) is 3.69. The zero-order valence-electron chi connectivity index (χ0n) is 23.3. The van der Waals surface area contributed by atoms with Gasteiger partial charge in [0.1, 0.15) is 17.2 Å². The first kappa shape index (κ1) is 28.1. The largest absolute Gasteiger partial charge is 0.427 e. The van der Waals surface area contributed by atoms with Crippen molar-refractivity contribution < 1.29 is 23.9 Å². The van der Waals surface area contributed by atoms with Crippen molar-refractivity contribution in [3.05, 3.63) is 135 Å². The molecule has 0 aliphatic carbocycles. The lowest BCUT2D eigenvalue weighted by molar-refractivity contribution is -0.131. The van der Waals surface area contributed by atoms with Crippen molar-refractivity contribution in [2.75, 3.05) is 5.32 Å². The number of nitrogens with one attached hydrogen (secondary N) is 1. The number of esters is 1. The average molecular weight is 623 g/mol. The standard InChI is InChI=1S/C35H24Cl2N2O5/c1-19(40)44-23-13-10-21(11-14-23)31(41)30-29(32(42)25-15-12-22(36)18-27(25)37)35(26-8-4-5-9-28(26)38-34(35)43)33-24-7-3-2-6-20(24)16-17-39(30)33/h2-18,29-30,33H,1H3,(H,38,43)/t29-,30+,33-,35-/m1/s1. The highest BCUT2D eigenvalue weighted by Gasteiger charge is 2.70. The van der Waals surface area contributed by atoms with Crippen molar-refractivity contribution in [2.24, 2.45) is 5.92 Å². The molecule has 218 valence electrons. The smallest absolute Gasteiger partial charge is 0.308 e. The molecule has 0 aromatic heterocycles. The molecule has 3 aliphatic heterocycles. The molecule has 9 heteroatoms. The molecule has 7 nitrogen and oxygen atoms in total. The number of Topliss-reactive ketones (excluding diaryl/α,β-unsaturated/α-hetero) is 2. The van der Waals surface area contributed by atoms with Crippen LogP contribution < -0.4 is 10.1 Å². The summed E-state index contributed by atoms with van der Waals surface area (Å²) < 4.78 is 5.16. The van der Waals surface area contributed by atoms with Gasteiger partial charge in [-0.1, -0.05) is 65.7 Å². The summed E-state index contributed by atoms with van der Waals surface area (Å²) in [4.78, 5) is 57.4. The van der Waals surface area contributed by atoms with Gasteiger partial charge in [-0.25, -0.2) is 0 Å². The van der Waals surface area contributed by atoms with E-state index in [0.717, 1.165) is 11.1 Å². The number of halogens is 2. The molecule has 4 aromatic rings. The summed E-state index contributed by atoms with van der Waals surface area (Å²) in [6, 6.07) is 23.9. The Morgan fingerprint density at radius 3 is 2.36 bits per heavy atom. The Bertz CT molecular complexity index is 1920. The lowest BCUT2D eigenvalue weighted by atomic mass is 9.62. The Labute approximate surface area is 263 Å². The first-order chi connectivity index (χ1) is 21.2. The second kappa shape index (κ2) is 10.5. The fourth-order valence-corrected chi connectivity index (χ4v) is 7.55. The molecule has 0 saturated carbocycles. The van der Waals surface area contributed by atoms with Crippen LogP contribution in [0.15, 0.2) is 97.2 Å². The van der Waals surface area contributed by atoms with Crippen LogP contribution in [0.1, 0.15) is 50.4 Å². The van der Waals surface area contributed by atoms with Crippen molar-refractivity contribution in [1.82, 2.24) is 4.90 Å². The van der Waals surface area contributed by atoms with E-state index in [1.165, 1.54) is 31.2 Å². The van der Waals surface area contributed by atoms with Crippen LogP contribution in [0, 0.1) is 5.92 Å². The van der Waals surface area contributed by atoms with Crippen molar-refractivity contribution in [1.29, 1.82) is 0 Å². The minimum absolute atomic E-state index is 0.127. The fraction of sp³-hybridized carbons (Fsp3) is 0.143. The monoisotopic (exact) mass is 622 g/mol. The number of nitrogens with zero attached hydrogens (tertiary/aromatic N) is 1. The lowest BCUT2D eigenvalue weighted by Gasteiger charge is -2.38. The van der Waals surface area contributed by atoms with E-state index in [0.29, 0.717) is 21.8 Å². The predicted octanol–water partition coefficient (Wildman–Crippen LogP) is 6.90. The molecule has 0 unspecified atom stereocenters. The summed E-state index contributed by atoms with van der Waals surface area (Å²) in [5.74, 6) is -2.59. The van der Waals surface area contributed by atoms with E-state index >= 15 is 0 Å². The first-order valence-electron chi connectivity index (χ1n) is 14.0. The normalized spacial score (nSPS) is 22.7. The number of rotatable bonds is 5. The number of ketones is 2. The topological polar surface area (TPSA) is 92.8 Å². The quantitative estimate of drug-likeness (QED) is 0.148. The van der Waals surface area contributed by atoms with Crippen molar-refractivity contribution in [3.8, 4) is 5.75 Å². The Hall–Kier alpha value is -4.72. The maximum absolute atomic E-state index is 14.9. The van der Waals surface area contributed by atoms with Crippen LogP contribution in [-0.4, -0.2) is 34.4 Å². The summed E-state index contributed by atoms with van der Waals surface area (Å²) in [6.45, 7) is 1.29. The highest BCUT2D eigenvalue weighted by atomic mass is 35.5. The van der Waals surface area contributed by atoms with E-state index < -0.39 is 35.2 Å². The van der Waals surface area contributed by atoms with E-state index in [1.54, 1.807) is 30.5 Å². The highest BCUT2D eigenvalue weighted by Crippen LogP contribution is 2.62. The van der Waals surface area contributed by atoms with Gasteiger partial charge in [-0.05, 0) is 71.3 Å². The van der Waals surface area contributed by atoms with Crippen molar-refractivity contribution in [3.63, 3.8) is 0 Å². The SMILES string of the molecule is CC(=O)Oc1ccc(C(=O)[C@@H]2[C@H](C(=O)c3ccc(Cl)cc3Cl)[C@@]3(C(=O)Nc4ccccc43)[C@H]3c4ccccc4C=CN23)cc1. The van der Waals surface area contributed by atoms with Gasteiger partial charge in [-0.3, -0.25) is 19.2 Å². The maximum atomic E-state index is 14.9. The van der Waals surface area contributed by atoms with Gasteiger partial charge < -0.3 is 15.0 Å². The second-order valence-corrected chi connectivity index (χ2v) is 11.9. The summed E-state index contributed by atoms with van der Waals surface area (Å²) in [7, 11) is 0. The Balaban J connectivity index is 1.49. The minimum atomic E-state index is -1.49. The number of carbonyl (C=O) groups excluding carboxylic acids is 4. The number of amides is 1. The molecule has 4 atom stereocenters. The van der Waals surface area contributed by atoms with Gasteiger partial charge in [0.15, 0.2) is 11.6 Å². The molecule has 1 spiro atoms. The second-order valence-electron chi connectivity index (χ2n) is 11.1. The third kappa shape index (κ3) is 4.11. The Morgan fingerprint density at radius 2 is 1.61 bits per heavy atom. The fourth-order valence-electron chi connectivity index (χ4n) is 7.05. The van der Waals surface area contributed by atoms with Gasteiger partial charge in [-0.15, -0.1) is 0 Å². The molecule has 1 fully saturated rings. The average Bonchev–Trinajstić information content (AvgIpc) is 3.49. The lowest BCUT2D eigenvalue weighted by Crippen LogP contribution is -2.49. The van der Waals surface area contributed by atoms with E-state index in [9.17, 15) is 19.2 Å². The molecular formula is C35H24Cl2N2O5. The number of fused-ring (bicyclic) bond motifs is 6. The number of carbonyl (C=O) groups is 4. The predicted molar refractivity (Wildman–Crippen MR) is 167 cm³/mol. The molecule has 0 radical (unpaired) electrons. The van der Waals surface area contributed by atoms with Crippen LogP contribution in [-0.2, 0) is 15.0 Å². The Kier molecular flexibility index (Phi) is 6.68. The van der Waals surface area contributed by atoms with E-state index in [4.69, 9.17) is 27.9 Å².